The monoisotopic (exact) mass is 506 g/mol. The Bertz CT molecular complexity index is 1400. The summed E-state index contributed by atoms with van der Waals surface area (Å²) >= 11 is 0. The fourth-order valence-corrected chi connectivity index (χ4v) is 4.90. The summed E-state index contributed by atoms with van der Waals surface area (Å²) in [5, 5.41) is 9.38. The quantitative estimate of drug-likeness (QED) is 0.528. The summed E-state index contributed by atoms with van der Waals surface area (Å²) < 4.78 is 24.9. The number of nitrogens with zero attached hydrogens (tertiary/aromatic N) is 3. The number of hydrogen-bond donors (Lipinski definition) is 3. The van der Waals surface area contributed by atoms with Gasteiger partial charge in [-0.05, 0) is 68.9 Å². The third kappa shape index (κ3) is 5.55. The molecule has 4 rings (SSSR count). The molecule has 0 radical (unpaired) electrons. The van der Waals surface area contributed by atoms with Crippen LogP contribution in [0, 0.1) is 0 Å². The second-order valence-electron chi connectivity index (χ2n) is 9.18. The molecule has 1 aromatic heterocycles. The topological polar surface area (TPSA) is 116 Å². The first-order valence-corrected chi connectivity index (χ1v) is 13.1. The van der Waals surface area contributed by atoms with E-state index in [0.29, 0.717) is 12.2 Å². The van der Waals surface area contributed by atoms with E-state index in [4.69, 9.17) is 0 Å². The zero-order valence-corrected chi connectivity index (χ0v) is 21.6. The van der Waals surface area contributed by atoms with Gasteiger partial charge in [0.2, 0.25) is 0 Å². The summed E-state index contributed by atoms with van der Waals surface area (Å²) in [5.41, 5.74) is 8.25. The Morgan fingerprint density at radius 1 is 1.11 bits per heavy atom. The predicted octanol–water partition coefficient (Wildman–Crippen LogP) is 2.40. The van der Waals surface area contributed by atoms with Crippen LogP contribution < -0.4 is 16.1 Å². The molecule has 36 heavy (non-hydrogen) atoms. The molecular weight excluding hydrogens is 476 g/mol. The summed E-state index contributed by atoms with van der Waals surface area (Å²) in [6.45, 7) is 4.53. The molecule has 0 saturated heterocycles. The standard InChI is InChI=1S/C26H30N6O3S/c1-17(2)36(34,35)23-8-7-22(14-28-15-23)30-26(33)25-24-10-19(5-6-20(24)13-29-31-25)21-9-18(11-27-12-21)16-32(3)4/h5-12,14-15,17,28-29H,13,16H2,1-4H3,(H,30,33). The van der Waals surface area contributed by atoms with Crippen molar-refractivity contribution in [3.63, 3.8) is 0 Å². The number of aromatic nitrogens is 1. The van der Waals surface area contributed by atoms with Crippen LogP contribution >= 0.6 is 0 Å². The first-order chi connectivity index (χ1) is 17.1. The highest BCUT2D eigenvalue weighted by molar-refractivity contribution is 7.96. The molecule has 1 amide bonds. The van der Waals surface area contributed by atoms with Crippen molar-refractivity contribution >= 4 is 21.5 Å². The minimum atomic E-state index is -3.45. The van der Waals surface area contributed by atoms with Gasteiger partial charge in [-0.25, -0.2) is 8.42 Å². The molecule has 10 heteroatoms. The molecule has 2 aliphatic heterocycles. The van der Waals surface area contributed by atoms with Crippen LogP contribution in [0.4, 0.5) is 0 Å². The van der Waals surface area contributed by atoms with Crippen molar-refractivity contribution in [1.29, 1.82) is 0 Å². The van der Waals surface area contributed by atoms with Gasteiger partial charge in [-0.2, -0.15) is 5.10 Å². The minimum Gasteiger partial charge on any atom is -0.365 e. The van der Waals surface area contributed by atoms with Crippen molar-refractivity contribution in [3.05, 3.63) is 88.5 Å². The van der Waals surface area contributed by atoms with E-state index >= 15 is 0 Å². The van der Waals surface area contributed by atoms with Crippen LogP contribution in [0.2, 0.25) is 0 Å². The SMILES string of the molecule is CC(C)S(=O)(=O)C1=CNC=C(NC(=O)C2=NNCc3ccc(-c4cncc(CN(C)C)c4)cc32)C=C1. The minimum absolute atomic E-state index is 0.148. The molecule has 188 valence electrons. The number of hydrogen-bond acceptors (Lipinski definition) is 8. The Labute approximate surface area is 211 Å². The van der Waals surface area contributed by atoms with Crippen LogP contribution in [0.1, 0.15) is 30.5 Å². The summed E-state index contributed by atoms with van der Waals surface area (Å²) in [4.78, 5) is 19.8. The third-order valence-electron chi connectivity index (χ3n) is 5.77. The number of pyridine rings is 1. The van der Waals surface area contributed by atoms with E-state index in [-0.39, 0.29) is 10.6 Å². The molecule has 1 aromatic carbocycles. The normalized spacial score (nSPS) is 15.2. The summed E-state index contributed by atoms with van der Waals surface area (Å²) in [6, 6.07) is 8.04. The highest BCUT2D eigenvalue weighted by Gasteiger charge is 2.24. The van der Waals surface area contributed by atoms with E-state index < -0.39 is 21.0 Å². The maximum Gasteiger partial charge on any atom is 0.276 e. The third-order valence-corrected chi connectivity index (χ3v) is 7.92. The number of benzene rings is 1. The molecule has 3 heterocycles. The van der Waals surface area contributed by atoms with E-state index in [1.165, 1.54) is 18.5 Å². The molecule has 9 nitrogen and oxygen atoms in total. The summed E-state index contributed by atoms with van der Waals surface area (Å²) in [5.74, 6) is -0.409. The number of fused-ring (bicyclic) bond motifs is 1. The van der Waals surface area contributed by atoms with Gasteiger partial charge in [-0.3, -0.25) is 9.78 Å². The van der Waals surface area contributed by atoms with Crippen molar-refractivity contribution in [2.75, 3.05) is 14.1 Å². The largest absolute Gasteiger partial charge is 0.365 e. The zero-order valence-electron chi connectivity index (χ0n) is 20.7. The number of hydrazone groups is 1. The Morgan fingerprint density at radius 3 is 2.67 bits per heavy atom. The highest BCUT2D eigenvalue weighted by Crippen LogP contribution is 2.25. The molecule has 0 bridgehead atoms. The van der Waals surface area contributed by atoms with Gasteiger partial charge in [-0.1, -0.05) is 12.1 Å². The number of carbonyl (C=O) groups is 1. The number of nitrogens with one attached hydrogen (secondary N) is 3. The highest BCUT2D eigenvalue weighted by atomic mass is 32.2. The molecule has 2 aromatic rings. The number of carbonyl (C=O) groups excluding carboxylic acids is 1. The Hall–Kier alpha value is -3.76. The van der Waals surface area contributed by atoms with E-state index in [1.54, 1.807) is 26.1 Å². The van der Waals surface area contributed by atoms with Gasteiger partial charge in [0.05, 0.1) is 22.4 Å². The molecule has 0 atom stereocenters. The Kier molecular flexibility index (Phi) is 7.37. The maximum absolute atomic E-state index is 13.2. The lowest BCUT2D eigenvalue weighted by Crippen LogP contribution is -2.35. The molecule has 2 aliphatic rings. The number of amides is 1. The first-order valence-electron chi connectivity index (χ1n) is 11.6. The second-order valence-corrected chi connectivity index (χ2v) is 11.7. The first kappa shape index (κ1) is 25.3. The fraction of sp³-hybridized carbons (Fsp3) is 0.269. The molecule has 0 saturated carbocycles. The van der Waals surface area contributed by atoms with Crippen molar-refractivity contribution < 1.29 is 13.2 Å². The molecule has 0 aliphatic carbocycles. The molecule has 0 unspecified atom stereocenters. The van der Waals surface area contributed by atoms with Crippen LogP contribution in [0.25, 0.3) is 11.1 Å². The smallest absolute Gasteiger partial charge is 0.276 e. The predicted molar refractivity (Wildman–Crippen MR) is 141 cm³/mol. The van der Waals surface area contributed by atoms with Crippen LogP contribution in [0.5, 0.6) is 0 Å². The van der Waals surface area contributed by atoms with Gasteiger partial charge in [0.15, 0.2) is 15.5 Å². The molecule has 3 N–H and O–H groups in total. The van der Waals surface area contributed by atoms with E-state index in [1.807, 2.05) is 38.5 Å². The van der Waals surface area contributed by atoms with Crippen molar-refractivity contribution in [2.45, 2.75) is 32.2 Å². The van der Waals surface area contributed by atoms with Crippen LogP contribution in [0.15, 0.2) is 76.9 Å². The van der Waals surface area contributed by atoms with Crippen molar-refractivity contribution in [2.24, 2.45) is 5.10 Å². The van der Waals surface area contributed by atoms with Crippen LogP contribution in [0.3, 0.4) is 0 Å². The molecule has 0 fully saturated rings. The lowest BCUT2D eigenvalue weighted by atomic mass is 9.95. The van der Waals surface area contributed by atoms with Gasteiger partial charge in [-0.15, -0.1) is 0 Å². The van der Waals surface area contributed by atoms with Gasteiger partial charge in [0, 0.05) is 42.5 Å². The Balaban J connectivity index is 1.56. The fourth-order valence-electron chi connectivity index (χ4n) is 3.86. The lowest BCUT2D eigenvalue weighted by molar-refractivity contribution is -0.114. The summed E-state index contributed by atoms with van der Waals surface area (Å²) in [7, 11) is 0.564. The van der Waals surface area contributed by atoms with Crippen molar-refractivity contribution in [1.82, 2.24) is 25.9 Å². The van der Waals surface area contributed by atoms with Crippen molar-refractivity contribution in [3.8, 4) is 11.1 Å². The van der Waals surface area contributed by atoms with Gasteiger partial charge in [0.1, 0.15) is 0 Å². The number of allylic oxidation sites excluding steroid dienone is 2. The summed E-state index contributed by atoms with van der Waals surface area (Å²) in [6.07, 6.45) is 9.63. The average molecular weight is 507 g/mol. The van der Waals surface area contributed by atoms with Gasteiger partial charge in [0.25, 0.3) is 5.91 Å². The number of sulfone groups is 1. The average Bonchev–Trinajstić information content (AvgIpc) is 3.09. The van der Waals surface area contributed by atoms with Gasteiger partial charge < -0.3 is 21.0 Å². The van der Waals surface area contributed by atoms with Gasteiger partial charge >= 0.3 is 0 Å². The van der Waals surface area contributed by atoms with E-state index in [2.05, 4.69) is 37.1 Å². The van der Waals surface area contributed by atoms with E-state index in [0.717, 1.165) is 34.4 Å². The molecule has 0 spiro atoms. The lowest BCUT2D eigenvalue weighted by Gasteiger charge is -2.19. The van der Waals surface area contributed by atoms with Crippen LogP contribution in [-0.4, -0.2) is 49.3 Å². The van der Waals surface area contributed by atoms with E-state index in [9.17, 15) is 13.2 Å². The number of rotatable bonds is 7. The van der Waals surface area contributed by atoms with Crippen LogP contribution in [-0.2, 0) is 27.7 Å². The molecular formula is C26H30N6O3S. The second kappa shape index (κ2) is 10.5. The maximum atomic E-state index is 13.2. The Morgan fingerprint density at radius 2 is 1.92 bits per heavy atom. The zero-order chi connectivity index (χ0) is 25.9.